The molecule has 0 radical (unpaired) electrons. The molecule has 2 heterocycles. The average molecular weight is 614 g/mol. The minimum atomic E-state index is 0.232. The number of ether oxygens (including phenoxy) is 2. The Morgan fingerprint density at radius 2 is 1.26 bits per heavy atom. The van der Waals surface area contributed by atoms with Crippen molar-refractivity contribution in [3.8, 4) is 33.9 Å². The number of benzene rings is 5. The molecule has 0 atom stereocenters. The van der Waals surface area contributed by atoms with E-state index in [1.807, 2.05) is 6.07 Å². The molecule has 0 saturated carbocycles. The molecule has 0 fully saturated rings. The van der Waals surface area contributed by atoms with Crippen molar-refractivity contribution in [1.29, 1.82) is 0 Å². The van der Waals surface area contributed by atoms with E-state index >= 15 is 0 Å². The van der Waals surface area contributed by atoms with E-state index in [-0.39, 0.29) is 15.0 Å². The SMILES string of the molecule is COc1ccc(-c2cc(-c3ccc(C)cc3)nc3c(N4c5ccccc5[Se]c5ccccc54)ccc(C)c23)cc1OC. The summed E-state index contributed by atoms with van der Waals surface area (Å²) in [6.07, 6.45) is 0. The molecule has 0 bridgehead atoms. The van der Waals surface area contributed by atoms with E-state index in [2.05, 4.69) is 122 Å². The Morgan fingerprint density at radius 1 is 0.619 bits per heavy atom. The van der Waals surface area contributed by atoms with Crippen LogP contribution in [0.3, 0.4) is 0 Å². The van der Waals surface area contributed by atoms with Crippen LogP contribution in [0.15, 0.2) is 109 Å². The van der Waals surface area contributed by atoms with Gasteiger partial charge in [-0.1, -0.05) is 0 Å². The Balaban J connectivity index is 1.57. The van der Waals surface area contributed by atoms with E-state index < -0.39 is 0 Å². The second-order valence-corrected chi connectivity index (χ2v) is 12.8. The van der Waals surface area contributed by atoms with Crippen molar-refractivity contribution in [3.05, 3.63) is 120 Å². The van der Waals surface area contributed by atoms with Gasteiger partial charge >= 0.3 is 246 Å². The van der Waals surface area contributed by atoms with Crippen LogP contribution >= 0.6 is 0 Å². The maximum absolute atomic E-state index is 5.72. The zero-order valence-electron chi connectivity index (χ0n) is 24.0. The van der Waals surface area contributed by atoms with Gasteiger partial charge in [-0.25, -0.2) is 0 Å². The first kappa shape index (κ1) is 26.3. The molecular formula is C37H30N2O2Se. The molecule has 1 aliphatic rings. The number of rotatable bonds is 5. The van der Waals surface area contributed by atoms with Gasteiger partial charge in [0, 0.05) is 0 Å². The summed E-state index contributed by atoms with van der Waals surface area (Å²) >= 11 is 0.232. The van der Waals surface area contributed by atoms with Gasteiger partial charge in [-0.15, -0.1) is 0 Å². The van der Waals surface area contributed by atoms with Gasteiger partial charge in [0.2, 0.25) is 0 Å². The van der Waals surface area contributed by atoms with E-state index in [0.29, 0.717) is 11.5 Å². The van der Waals surface area contributed by atoms with Crippen LogP contribution in [0.1, 0.15) is 11.1 Å². The van der Waals surface area contributed by atoms with Crippen molar-refractivity contribution < 1.29 is 9.47 Å². The van der Waals surface area contributed by atoms with Crippen molar-refractivity contribution in [2.24, 2.45) is 0 Å². The van der Waals surface area contributed by atoms with Gasteiger partial charge in [-0.2, -0.15) is 0 Å². The molecule has 0 N–H and O–H groups in total. The molecule has 4 nitrogen and oxygen atoms in total. The number of fused-ring (bicyclic) bond motifs is 3. The summed E-state index contributed by atoms with van der Waals surface area (Å²) in [5, 5.41) is 1.13. The Bertz CT molecular complexity index is 1920. The number of methoxy groups -OCH3 is 2. The van der Waals surface area contributed by atoms with E-state index in [4.69, 9.17) is 14.5 Å². The van der Waals surface area contributed by atoms with Gasteiger partial charge in [-0.3, -0.25) is 0 Å². The fourth-order valence-electron chi connectivity index (χ4n) is 5.74. The molecule has 42 heavy (non-hydrogen) atoms. The fraction of sp³-hybridized carbons (Fsp3) is 0.108. The molecular weight excluding hydrogens is 583 g/mol. The number of aryl methyl sites for hydroxylation is 2. The van der Waals surface area contributed by atoms with Gasteiger partial charge in [0.05, 0.1) is 7.11 Å². The molecule has 206 valence electrons. The van der Waals surface area contributed by atoms with E-state index in [0.717, 1.165) is 39.0 Å². The normalized spacial score (nSPS) is 12.1. The summed E-state index contributed by atoms with van der Waals surface area (Å²) in [5.74, 6) is 1.41. The van der Waals surface area contributed by atoms with Crippen molar-refractivity contribution in [2.45, 2.75) is 13.8 Å². The predicted molar refractivity (Wildman–Crippen MR) is 175 cm³/mol. The first-order valence-corrected chi connectivity index (χ1v) is 15.7. The summed E-state index contributed by atoms with van der Waals surface area (Å²) < 4.78 is 14.0. The van der Waals surface area contributed by atoms with E-state index in [1.54, 1.807) is 14.2 Å². The van der Waals surface area contributed by atoms with Crippen LogP contribution in [-0.2, 0) is 0 Å². The molecule has 0 saturated heterocycles. The second-order valence-electron chi connectivity index (χ2n) is 10.5. The van der Waals surface area contributed by atoms with Crippen LogP contribution in [-0.4, -0.2) is 34.2 Å². The third-order valence-electron chi connectivity index (χ3n) is 7.86. The second kappa shape index (κ2) is 10.7. The molecule has 0 aliphatic carbocycles. The molecule has 7 rings (SSSR count). The summed E-state index contributed by atoms with van der Waals surface area (Å²) in [5.41, 5.74) is 11.0. The number of pyridine rings is 1. The van der Waals surface area contributed by atoms with Crippen molar-refractivity contribution in [1.82, 2.24) is 4.98 Å². The average Bonchev–Trinajstić information content (AvgIpc) is 3.03. The molecule has 6 aromatic rings. The number of hydrogen-bond donors (Lipinski definition) is 0. The molecule has 0 spiro atoms. The van der Waals surface area contributed by atoms with Gasteiger partial charge < -0.3 is 0 Å². The minimum absolute atomic E-state index is 0.232. The van der Waals surface area contributed by atoms with Crippen molar-refractivity contribution in [2.75, 3.05) is 19.1 Å². The van der Waals surface area contributed by atoms with Crippen LogP contribution in [0, 0.1) is 13.8 Å². The zero-order valence-corrected chi connectivity index (χ0v) is 25.7. The first-order chi connectivity index (χ1) is 20.6. The third kappa shape index (κ3) is 4.42. The van der Waals surface area contributed by atoms with Crippen LogP contribution in [0.2, 0.25) is 0 Å². The topological polar surface area (TPSA) is 34.6 Å². The van der Waals surface area contributed by atoms with Gasteiger partial charge in [-0.05, 0) is 0 Å². The van der Waals surface area contributed by atoms with E-state index in [1.165, 1.54) is 31.4 Å². The Morgan fingerprint density at radius 3 is 1.93 bits per heavy atom. The monoisotopic (exact) mass is 614 g/mol. The Labute approximate surface area is 252 Å². The number of para-hydroxylation sites is 2. The third-order valence-corrected chi connectivity index (χ3v) is 10.2. The summed E-state index contributed by atoms with van der Waals surface area (Å²) in [4.78, 5) is 7.83. The molecule has 1 aromatic heterocycles. The van der Waals surface area contributed by atoms with Crippen LogP contribution < -0.4 is 23.3 Å². The standard InChI is InChI=1S/C37H30N2O2Se/c1-23-13-16-25(17-14-23)28-22-27(26-18-20-32(40-3)33(21-26)41-4)36-24(2)15-19-31(37(36)38-28)39-29-9-5-7-11-34(29)42-35-12-8-6-10-30(35)39/h5-22H,1-4H3. The number of aromatic nitrogens is 1. The zero-order chi connectivity index (χ0) is 28.8. The molecule has 0 amide bonds. The number of anilines is 3. The van der Waals surface area contributed by atoms with Gasteiger partial charge in [0.25, 0.3) is 0 Å². The molecule has 1 aliphatic heterocycles. The summed E-state index contributed by atoms with van der Waals surface area (Å²) in [7, 11) is 3.35. The number of nitrogens with zero attached hydrogens (tertiary/aromatic N) is 2. The van der Waals surface area contributed by atoms with Crippen LogP contribution in [0.5, 0.6) is 11.5 Å². The molecule has 5 aromatic carbocycles. The van der Waals surface area contributed by atoms with Crippen LogP contribution in [0.4, 0.5) is 17.1 Å². The predicted octanol–water partition coefficient (Wildman–Crippen LogP) is 7.64. The molecule has 5 heteroatoms. The van der Waals surface area contributed by atoms with Gasteiger partial charge in [0.1, 0.15) is 0 Å². The van der Waals surface area contributed by atoms with Gasteiger partial charge in [0.15, 0.2) is 0 Å². The van der Waals surface area contributed by atoms with E-state index in [9.17, 15) is 0 Å². The Hall–Kier alpha value is -4.57. The summed E-state index contributed by atoms with van der Waals surface area (Å²) in [6.45, 7) is 4.28. The fourth-order valence-corrected chi connectivity index (χ4v) is 7.96. The molecule has 0 unspecified atom stereocenters. The van der Waals surface area contributed by atoms with Crippen molar-refractivity contribution in [3.63, 3.8) is 0 Å². The number of hydrogen-bond acceptors (Lipinski definition) is 4. The first-order valence-electron chi connectivity index (χ1n) is 14.0. The van der Waals surface area contributed by atoms with Crippen LogP contribution in [0.25, 0.3) is 33.3 Å². The quantitative estimate of drug-likeness (QED) is 0.187. The summed E-state index contributed by atoms with van der Waals surface area (Å²) in [6, 6.07) is 39.0. The Kier molecular flexibility index (Phi) is 6.70. The van der Waals surface area contributed by atoms with Crippen molar-refractivity contribution >= 4 is 51.8 Å². The maximum atomic E-state index is 5.72.